The second-order valence-electron chi connectivity index (χ2n) is 0. The van der Waals surface area contributed by atoms with Gasteiger partial charge in [0.15, 0.2) is 0 Å². The van der Waals surface area contributed by atoms with Crippen LogP contribution >= 0.6 is 0 Å². The molecule has 0 rings (SSSR count). The smallest absolute Gasteiger partial charge is 0 e. The molecule has 0 aromatic carbocycles. The molecule has 0 unspecified atom stereocenters. The second-order valence-corrected chi connectivity index (χ2v) is 0. The van der Waals surface area contributed by atoms with Gasteiger partial charge in [-0.3, -0.25) is 0 Å². The number of hydrogen-bond acceptors (Lipinski definition) is 3. The van der Waals surface area contributed by atoms with E-state index in [1.54, 1.807) is 0 Å². The SMILES string of the molecule is [MgH+].[OH-].[O]=[AlH].[O]=[Zr].[Ti]. The zero-order valence-electron chi connectivity index (χ0n) is 3.97. The molecule has 0 amide bonds. The molecule has 0 atom stereocenters. The van der Waals surface area contributed by atoms with E-state index in [1.807, 2.05) is 0 Å². The van der Waals surface area contributed by atoms with Crippen LogP contribution in [-0.4, -0.2) is 44.8 Å². The Hall–Kier alpha value is 2.46. The van der Waals surface area contributed by atoms with Crippen molar-refractivity contribution in [3.8, 4) is 0 Å². The van der Waals surface area contributed by atoms with Crippen molar-refractivity contribution in [2.75, 3.05) is 0 Å². The molecule has 0 spiro atoms. The van der Waals surface area contributed by atoms with Crippen LogP contribution in [0.5, 0.6) is 0 Å². The first kappa shape index (κ1) is 34.1. The van der Waals surface area contributed by atoms with Gasteiger partial charge in [0.25, 0.3) is 0 Å². The third kappa shape index (κ3) is 58.4. The Morgan fingerprint density at radius 3 is 1.14 bits per heavy atom. The summed E-state index contributed by atoms with van der Waals surface area (Å²) in [6.07, 6.45) is 0. The summed E-state index contributed by atoms with van der Waals surface area (Å²) in [7, 11) is 0. The molecule has 0 heterocycles. The van der Waals surface area contributed by atoms with Crippen LogP contribution in [0.2, 0.25) is 0 Å². The molecule has 0 bridgehead atoms. The van der Waals surface area contributed by atoms with E-state index in [4.69, 9.17) is 6.62 Å². The first-order valence-electron chi connectivity index (χ1n) is 0.493. The van der Waals surface area contributed by atoms with Crippen LogP contribution in [-0.2, 0) is 53.1 Å². The van der Waals surface area contributed by atoms with E-state index in [0.717, 1.165) is 0 Å². The summed E-state index contributed by atoms with van der Waals surface area (Å²) in [6.45, 7) is 0. The third-order valence-corrected chi connectivity index (χ3v) is 0. The molecule has 0 fully saturated rings. The van der Waals surface area contributed by atoms with Gasteiger partial charge in [-0.15, -0.1) is 0 Å². The molecule has 0 aromatic heterocycles. The zero-order valence-corrected chi connectivity index (χ0v) is 11.4. The summed E-state index contributed by atoms with van der Waals surface area (Å²) < 4.78 is 16.6. The van der Waals surface area contributed by atoms with Crippen LogP contribution in [0.3, 0.4) is 0 Å². The molecule has 7 heteroatoms. The van der Waals surface area contributed by atoms with Crippen LogP contribution in [0.25, 0.3) is 0 Å². The quantitative estimate of drug-likeness (QED) is 0.474. The van der Waals surface area contributed by atoms with Gasteiger partial charge in [0.2, 0.25) is 0 Å². The fourth-order valence-corrected chi connectivity index (χ4v) is 0. The van der Waals surface area contributed by atoms with Gasteiger partial charge in [-0.1, -0.05) is 0 Å². The van der Waals surface area contributed by atoms with E-state index in [0.29, 0.717) is 40.9 Å². The molecule has 0 aliphatic heterocycles. The Bertz CT molecular complexity index is 16.9. The van der Waals surface area contributed by atoms with Crippen LogP contribution < -0.4 is 0 Å². The van der Waals surface area contributed by atoms with Gasteiger partial charge >= 0.3 is 70.6 Å². The van der Waals surface area contributed by atoms with Gasteiger partial charge in [0, 0.05) is 21.7 Å². The van der Waals surface area contributed by atoms with Crippen molar-refractivity contribution < 1.29 is 58.5 Å². The van der Waals surface area contributed by atoms with Gasteiger partial charge in [-0.05, 0) is 0 Å². The summed E-state index contributed by atoms with van der Waals surface area (Å²) in [4.78, 5) is 0. The van der Waals surface area contributed by atoms with Crippen molar-refractivity contribution in [3.63, 3.8) is 0 Å². The summed E-state index contributed by atoms with van der Waals surface area (Å²) in [6, 6.07) is 0. The van der Waals surface area contributed by atoms with Crippen molar-refractivity contribution >= 4 is 39.3 Å². The third-order valence-electron chi connectivity index (χ3n) is 0. The van der Waals surface area contributed by atoms with Crippen LogP contribution in [0, 0.1) is 0 Å². The van der Waals surface area contributed by atoms with E-state index >= 15 is 0 Å². The van der Waals surface area contributed by atoms with Crippen molar-refractivity contribution in [1.82, 2.24) is 0 Å². The molecule has 0 saturated carbocycles. The Morgan fingerprint density at radius 2 is 1.14 bits per heavy atom. The van der Waals surface area contributed by atoms with Gasteiger partial charge in [-0.2, -0.15) is 0 Å². The molecular formula is H3AlMgO3TiZr. The summed E-state index contributed by atoms with van der Waals surface area (Å²) >= 11 is 0.911. The predicted molar refractivity (Wildman–Crippen MR) is 17.6 cm³/mol. The molecule has 34 valence electrons. The Labute approximate surface area is 96.3 Å². The molecule has 0 aromatic rings. The second kappa shape index (κ2) is 77.9. The molecule has 1 N–H and O–H groups in total. The maximum Gasteiger partial charge on any atom is 0 e. The van der Waals surface area contributed by atoms with Gasteiger partial charge in [0.1, 0.15) is 0 Å². The van der Waals surface area contributed by atoms with Crippen molar-refractivity contribution in [2.24, 2.45) is 0 Å². The topological polar surface area (TPSA) is 64.1 Å². The Morgan fingerprint density at radius 1 is 1.14 bits per heavy atom. The average molecular weight is 241 g/mol. The first-order chi connectivity index (χ1) is 2.00. The number of hydrogen-bond donors (Lipinski definition) is 0. The van der Waals surface area contributed by atoms with Crippen molar-refractivity contribution in [2.45, 2.75) is 0 Å². The van der Waals surface area contributed by atoms with Crippen molar-refractivity contribution in [3.05, 3.63) is 0 Å². The normalized spacial score (nSPS) is 0.857. The molecule has 7 heavy (non-hydrogen) atoms. The van der Waals surface area contributed by atoms with E-state index in [-0.39, 0.29) is 50.2 Å². The predicted octanol–water partition coefficient (Wildman–Crippen LogP) is -1.72. The standard InChI is InChI=1S/Al.Mg.H2O.2O.Ti.Zr.2H/h;;1H2;;;;;;/q;+1;;;;;;;/p-1. The van der Waals surface area contributed by atoms with Crippen LogP contribution in [0.1, 0.15) is 0 Å². The van der Waals surface area contributed by atoms with Gasteiger partial charge in [0.05, 0.1) is 0 Å². The summed E-state index contributed by atoms with van der Waals surface area (Å²) in [5.74, 6) is 0. The van der Waals surface area contributed by atoms with Gasteiger partial charge in [-0.25, -0.2) is 0 Å². The molecule has 0 aliphatic rings. The summed E-state index contributed by atoms with van der Waals surface area (Å²) in [5, 5.41) is 0. The molecule has 0 radical (unpaired) electrons. The molecule has 0 saturated heterocycles. The maximum absolute atomic E-state index is 8.34. The van der Waals surface area contributed by atoms with Crippen LogP contribution in [0.4, 0.5) is 0 Å². The zero-order chi connectivity index (χ0) is 4.00. The first-order valence-corrected chi connectivity index (χ1v) is 2.07. The fourth-order valence-electron chi connectivity index (χ4n) is 0. The minimum atomic E-state index is 0. The maximum atomic E-state index is 8.34. The van der Waals surface area contributed by atoms with E-state index < -0.39 is 0 Å². The van der Waals surface area contributed by atoms with E-state index in [1.165, 1.54) is 0 Å². The van der Waals surface area contributed by atoms with E-state index in [9.17, 15) is 0 Å². The van der Waals surface area contributed by atoms with Crippen molar-refractivity contribution in [1.29, 1.82) is 0 Å². The monoisotopic (exact) mass is 240 g/mol. The largest absolute Gasteiger partial charge is 0 e. The Kier molecular flexibility index (Phi) is 379. The Balaban J connectivity index is -0.00000000267. The minimum Gasteiger partial charge on any atom is 0 e. The minimum absolute atomic E-state index is 0. The van der Waals surface area contributed by atoms with E-state index in [2.05, 4.69) is 0 Å². The average Bonchev–Trinajstić information content (AvgIpc) is 1.50. The summed E-state index contributed by atoms with van der Waals surface area (Å²) in [5.41, 5.74) is 0. The number of rotatable bonds is 0. The van der Waals surface area contributed by atoms with Crippen LogP contribution in [0.15, 0.2) is 0 Å². The molecular weight excluding hydrogens is 238 g/mol. The molecule has 3 nitrogen and oxygen atoms in total. The van der Waals surface area contributed by atoms with Gasteiger partial charge < -0.3 is 5.48 Å². The molecule has 0 aliphatic carbocycles. The fraction of sp³-hybridized carbons (Fsp3) is 0.